The number of hydrogen-bond donors (Lipinski definition) is 1. The van der Waals surface area contributed by atoms with Crippen molar-refractivity contribution in [1.82, 2.24) is 5.32 Å². The van der Waals surface area contributed by atoms with Gasteiger partial charge in [0.15, 0.2) is 6.10 Å². The Balaban J connectivity index is 2.04. The van der Waals surface area contributed by atoms with Gasteiger partial charge in [-0.1, -0.05) is 49.7 Å². The molecule has 1 N–H and O–H groups in total. The van der Waals surface area contributed by atoms with Crippen LogP contribution in [0.1, 0.15) is 55.5 Å². The van der Waals surface area contributed by atoms with Crippen LogP contribution in [0, 0.1) is 13.8 Å². The quantitative estimate of drug-likeness (QED) is 0.779. The van der Waals surface area contributed by atoms with Crippen molar-refractivity contribution in [2.24, 2.45) is 0 Å². The topological polar surface area (TPSA) is 38.3 Å². The second kappa shape index (κ2) is 8.70. The molecule has 3 heteroatoms. The molecule has 2 rings (SSSR count). The average molecular weight is 339 g/mol. The minimum absolute atomic E-state index is 0.0486. The fourth-order valence-corrected chi connectivity index (χ4v) is 2.90. The van der Waals surface area contributed by atoms with E-state index in [1.54, 1.807) is 0 Å². The second-order valence-corrected chi connectivity index (χ2v) is 6.60. The number of aryl methyl sites for hydroxylation is 3. The fraction of sp³-hybridized carbons (Fsp3) is 0.409. The highest BCUT2D eigenvalue weighted by Crippen LogP contribution is 2.20. The summed E-state index contributed by atoms with van der Waals surface area (Å²) in [6.07, 6.45) is 1.13. The molecule has 0 aliphatic rings. The smallest absolute Gasteiger partial charge is 0.261 e. The van der Waals surface area contributed by atoms with Crippen LogP contribution < -0.4 is 10.1 Å². The molecule has 0 radical (unpaired) electrons. The predicted molar refractivity (Wildman–Crippen MR) is 103 cm³/mol. The zero-order chi connectivity index (χ0) is 18.4. The second-order valence-electron chi connectivity index (χ2n) is 6.60. The first-order chi connectivity index (χ1) is 11.9. The highest BCUT2D eigenvalue weighted by Gasteiger charge is 2.21. The minimum atomic E-state index is -0.486. The molecular weight excluding hydrogens is 310 g/mol. The van der Waals surface area contributed by atoms with E-state index >= 15 is 0 Å². The van der Waals surface area contributed by atoms with Gasteiger partial charge in [0.2, 0.25) is 0 Å². The van der Waals surface area contributed by atoms with E-state index in [0.717, 1.165) is 17.7 Å². The summed E-state index contributed by atoms with van der Waals surface area (Å²) in [5.74, 6) is 0.661. The molecule has 2 aromatic carbocycles. The third-order valence-electron chi connectivity index (χ3n) is 4.53. The Morgan fingerprint density at radius 2 is 1.76 bits per heavy atom. The molecule has 0 heterocycles. The summed E-state index contributed by atoms with van der Waals surface area (Å²) in [4.78, 5) is 12.6. The number of carbonyl (C=O) groups is 1. The number of amides is 1. The predicted octanol–water partition coefficient (Wildman–Crippen LogP) is 4.90. The molecule has 134 valence electrons. The lowest BCUT2D eigenvalue weighted by Crippen LogP contribution is -2.39. The molecule has 0 saturated carbocycles. The maximum Gasteiger partial charge on any atom is 0.261 e. The van der Waals surface area contributed by atoms with Crippen LogP contribution in [0.15, 0.2) is 42.5 Å². The number of hydrogen-bond acceptors (Lipinski definition) is 2. The first-order valence-electron chi connectivity index (χ1n) is 9.07. The lowest BCUT2D eigenvalue weighted by Gasteiger charge is -2.22. The Labute approximate surface area is 151 Å². The van der Waals surface area contributed by atoms with E-state index in [1.807, 2.05) is 38.1 Å². The highest BCUT2D eigenvalue weighted by molar-refractivity contribution is 5.81. The summed E-state index contributed by atoms with van der Waals surface area (Å²) < 4.78 is 5.90. The number of nitrogens with one attached hydrogen (secondary N) is 1. The van der Waals surface area contributed by atoms with E-state index in [0.29, 0.717) is 6.42 Å². The molecule has 2 aromatic rings. The zero-order valence-electron chi connectivity index (χ0n) is 15.9. The first kappa shape index (κ1) is 19.0. The summed E-state index contributed by atoms with van der Waals surface area (Å²) >= 11 is 0. The van der Waals surface area contributed by atoms with Gasteiger partial charge in [0.25, 0.3) is 5.91 Å². The Bertz CT molecular complexity index is 706. The molecule has 0 bridgehead atoms. The van der Waals surface area contributed by atoms with E-state index < -0.39 is 6.10 Å². The molecule has 1 amide bonds. The van der Waals surface area contributed by atoms with E-state index in [1.165, 1.54) is 16.7 Å². The first-order valence-corrected chi connectivity index (χ1v) is 9.07. The highest BCUT2D eigenvalue weighted by atomic mass is 16.5. The molecular formula is C22H29NO2. The average Bonchev–Trinajstić information content (AvgIpc) is 2.61. The van der Waals surface area contributed by atoms with Gasteiger partial charge in [0.1, 0.15) is 5.75 Å². The van der Waals surface area contributed by atoms with E-state index in [4.69, 9.17) is 4.74 Å². The molecule has 25 heavy (non-hydrogen) atoms. The van der Waals surface area contributed by atoms with Crippen molar-refractivity contribution in [2.45, 2.75) is 59.6 Å². The van der Waals surface area contributed by atoms with Gasteiger partial charge in [-0.2, -0.15) is 0 Å². The van der Waals surface area contributed by atoms with Crippen LogP contribution in [-0.4, -0.2) is 12.0 Å². The molecule has 3 nitrogen and oxygen atoms in total. The molecule has 0 fully saturated rings. The van der Waals surface area contributed by atoms with Crippen molar-refractivity contribution < 1.29 is 9.53 Å². The van der Waals surface area contributed by atoms with Crippen LogP contribution in [0.5, 0.6) is 5.75 Å². The zero-order valence-corrected chi connectivity index (χ0v) is 15.9. The van der Waals surface area contributed by atoms with E-state index in [-0.39, 0.29) is 11.9 Å². The standard InChI is InChI=1S/C22H29NO2/c1-6-18-10-12-19(13-11-18)25-21(7-2)22(24)23-17(5)20-14-15(3)8-9-16(20)4/h8-14,17,21H,6-7H2,1-5H3,(H,23,24). The van der Waals surface area contributed by atoms with Crippen molar-refractivity contribution in [3.05, 3.63) is 64.7 Å². The van der Waals surface area contributed by atoms with Crippen LogP contribution in [0.3, 0.4) is 0 Å². The maximum atomic E-state index is 12.6. The normalized spacial score (nSPS) is 13.2. The van der Waals surface area contributed by atoms with Gasteiger partial charge >= 0.3 is 0 Å². The Morgan fingerprint density at radius 3 is 2.36 bits per heavy atom. The van der Waals surface area contributed by atoms with Crippen LogP contribution in [0.25, 0.3) is 0 Å². The number of benzene rings is 2. The van der Waals surface area contributed by atoms with Gasteiger partial charge in [-0.05, 0) is 62.4 Å². The summed E-state index contributed by atoms with van der Waals surface area (Å²) in [7, 11) is 0. The van der Waals surface area contributed by atoms with E-state index in [9.17, 15) is 4.79 Å². The molecule has 0 aromatic heterocycles. The van der Waals surface area contributed by atoms with Crippen molar-refractivity contribution >= 4 is 5.91 Å². The van der Waals surface area contributed by atoms with Crippen LogP contribution in [-0.2, 0) is 11.2 Å². The van der Waals surface area contributed by atoms with Gasteiger partial charge in [-0.3, -0.25) is 4.79 Å². The fourth-order valence-electron chi connectivity index (χ4n) is 2.90. The SMILES string of the molecule is CCc1ccc(OC(CC)C(=O)NC(C)c2cc(C)ccc2C)cc1. The molecule has 2 atom stereocenters. The summed E-state index contributed by atoms with van der Waals surface area (Å²) in [5.41, 5.74) is 4.78. The molecule has 0 saturated heterocycles. The lowest BCUT2D eigenvalue weighted by molar-refractivity contribution is -0.128. The summed E-state index contributed by atoms with van der Waals surface area (Å²) in [6.45, 7) is 10.2. The van der Waals surface area contributed by atoms with Gasteiger partial charge < -0.3 is 10.1 Å². The summed E-state index contributed by atoms with van der Waals surface area (Å²) in [6, 6.07) is 14.2. The number of carbonyl (C=O) groups excluding carboxylic acids is 1. The van der Waals surface area contributed by atoms with Gasteiger partial charge in [-0.15, -0.1) is 0 Å². The van der Waals surface area contributed by atoms with Crippen molar-refractivity contribution in [2.75, 3.05) is 0 Å². The number of ether oxygens (including phenoxy) is 1. The van der Waals surface area contributed by atoms with Gasteiger partial charge in [0.05, 0.1) is 6.04 Å². The molecule has 0 spiro atoms. The van der Waals surface area contributed by atoms with Gasteiger partial charge in [-0.25, -0.2) is 0 Å². The third-order valence-corrected chi connectivity index (χ3v) is 4.53. The Morgan fingerprint density at radius 1 is 1.08 bits per heavy atom. The minimum Gasteiger partial charge on any atom is -0.481 e. The molecule has 0 aliphatic heterocycles. The van der Waals surface area contributed by atoms with Crippen molar-refractivity contribution in [3.63, 3.8) is 0 Å². The Hall–Kier alpha value is -2.29. The molecule has 0 aliphatic carbocycles. The number of rotatable bonds is 7. The maximum absolute atomic E-state index is 12.6. The Kier molecular flexibility index (Phi) is 6.63. The van der Waals surface area contributed by atoms with Gasteiger partial charge in [0, 0.05) is 0 Å². The van der Waals surface area contributed by atoms with Crippen LogP contribution >= 0.6 is 0 Å². The van der Waals surface area contributed by atoms with Crippen LogP contribution in [0.2, 0.25) is 0 Å². The van der Waals surface area contributed by atoms with E-state index in [2.05, 4.69) is 44.3 Å². The van der Waals surface area contributed by atoms with Crippen molar-refractivity contribution in [1.29, 1.82) is 0 Å². The monoisotopic (exact) mass is 339 g/mol. The largest absolute Gasteiger partial charge is 0.481 e. The summed E-state index contributed by atoms with van der Waals surface area (Å²) in [5, 5.41) is 3.09. The molecule has 2 unspecified atom stereocenters. The van der Waals surface area contributed by atoms with Crippen LogP contribution in [0.4, 0.5) is 0 Å². The third kappa shape index (κ3) is 5.09. The van der Waals surface area contributed by atoms with Crippen molar-refractivity contribution in [3.8, 4) is 5.75 Å². The lowest BCUT2D eigenvalue weighted by atomic mass is 10.00.